The first-order valence-corrected chi connectivity index (χ1v) is 7.36. The Morgan fingerprint density at radius 3 is 2.82 bits per heavy atom. The van der Waals surface area contributed by atoms with Crippen LogP contribution in [0.1, 0.15) is 22.5 Å². The number of aromatic nitrogens is 2. The maximum atomic E-state index is 12.2. The zero-order valence-corrected chi connectivity index (χ0v) is 12.2. The van der Waals surface area contributed by atoms with Crippen molar-refractivity contribution in [1.29, 1.82) is 0 Å². The van der Waals surface area contributed by atoms with Crippen molar-refractivity contribution < 1.29 is 4.79 Å². The summed E-state index contributed by atoms with van der Waals surface area (Å²) < 4.78 is 1.32. The highest BCUT2D eigenvalue weighted by Crippen LogP contribution is 2.02. The minimum Gasteiger partial charge on any atom is -0.347 e. The van der Waals surface area contributed by atoms with Gasteiger partial charge in [0.1, 0.15) is 5.69 Å². The summed E-state index contributed by atoms with van der Waals surface area (Å²) in [5, 5.41) is 10.3. The number of benzene rings is 1. The second-order valence-electron chi connectivity index (χ2n) is 5.36. The molecule has 1 saturated heterocycles. The third-order valence-corrected chi connectivity index (χ3v) is 3.67. The quantitative estimate of drug-likeness (QED) is 0.856. The molecule has 0 saturated carbocycles. The van der Waals surface area contributed by atoms with Crippen LogP contribution in [0.2, 0.25) is 0 Å². The van der Waals surface area contributed by atoms with Gasteiger partial charge >= 0.3 is 0 Å². The summed E-state index contributed by atoms with van der Waals surface area (Å²) in [6.07, 6.45) is 0.912. The molecule has 1 aliphatic rings. The Labute approximate surface area is 128 Å². The molecule has 0 bridgehead atoms. The molecule has 114 valence electrons. The monoisotopic (exact) mass is 298 g/mol. The Balaban J connectivity index is 1.77. The van der Waals surface area contributed by atoms with Crippen molar-refractivity contribution in [3.63, 3.8) is 0 Å². The van der Waals surface area contributed by atoms with E-state index in [1.54, 1.807) is 0 Å². The van der Waals surface area contributed by atoms with Gasteiger partial charge in [0, 0.05) is 18.7 Å². The third kappa shape index (κ3) is 3.40. The first-order valence-electron chi connectivity index (χ1n) is 7.36. The minimum absolute atomic E-state index is 0.129. The highest BCUT2D eigenvalue weighted by molar-refractivity contribution is 5.92. The molecule has 6 nitrogen and oxygen atoms in total. The maximum Gasteiger partial charge on any atom is 0.271 e. The Hall–Kier alpha value is -2.47. The van der Waals surface area contributed by atoms with Crippen molar-refractivity contribution in [2.24, 2.45) is 0 Å². The highest BCUT2D eigenvalue weighted by atomic mass is 16.2. The number of carbonyl (C=O) groups is 1. The molecule has 1 aromatic carbocycles. The number of nitrogens with zero attached hydrogens (tertiary/aromatic N) is 2. The largest absolute Gasteiger partial charge is 0.347 e. The number of nitrogens with one attached hydrogen (secondary N) is 2. The van der Waals surface area contributed by atoms with E-state index >= 15 is 0 Å². The van der Waals surface area contributed by atoms with E-state index in [9.17, 15) is 9.59 Å². The lowest BCUT2D eigenvalue weighted by molar-refractivity contribution is 0.0932. The second-order valence-corrected chi connectivity index (χ2v) is 5.36. The average molecular weight is 298 g/mol. The van der Waals surface area contributed by atoms with Crippen LogP contribution in [0, 0.1) is 0 Å². The molecule has 6 heteroatoms. The van der Waals surface area contributed by atoms with Gasteiger partial charge in [-0.2, -0.15) is 5.10 Å². The molecule has 3 rings (SSSR count). The normalized spacial score (nSPS) is 17.4. The molecule has 2 N–H and O–H groups in total. The molecule has 0 aliphatic carbocycles. The molecule has 1 aromatic heterocycles. The van der Waals surface area contributed by atoms with Crippen LogP contribution in [0.5, 0.6) is 0 Å². The van der Waals surface area contributed by atoms with Crippen molar-refractivity contribution in [2.75, 3.05) is 13.1 Å². The standard InChI is InChI=1S/C16H18N4O2/c21-15-7-6-14(16(22)18-13-8-9-17-10-13)19-20(15)11-12-4-2-1-3-5-12/h1-7,13,17H,8-11H2,(H,18,22). The highest BCUT2D eigenvalue weighted by Gasteiger charge is 2.18. The van der Waals surface area contributed by atoms with Gasteiger partial charge in [0.05, 0.1) is 6.54 Å². The summed E-state index contributed by atoms with van der Waals surface area (Å²) in [5.41, 5.74) is 1.01. The molecule has 1 aliphatic heterocycles. The molecule has 0 radical (unpaired) electrons. The Morgan fingerprint density at radius 2 is 2.09 bits per heavy atom. The van der Waals surface area contributed by atoms with Gasteiger partial charge in [-0.1, -0.05) is 30.3 Å². The molecule has 1 amide bonds. The SMILES string of the molecule is O=C(NC1CCNC1)c1ccc(=O)n(Cc2ccccc2)n1. The molecule has 0 spiro atoms. The summed E-state index contributed by atoms with van der Waals surface area (Å²) in [6.45, 7) is 2.03. The van der Waals surface area contributed by atoms with E-state index in [-0.39, 0.29) is 23.2 Å². The van der Waals surface area contributed by atoms with Gasteiger partial charge in [0.2, 0.25) is 0 Å². The van der Waals surface area contributed by atoms with Gasteiger partial charge in [-0.25, -0.2) is 4.68 Å². The van der Waals surface area contributed by atoms with Crippen LogP contribution in [0.15, 0.2) is 47.3 Å². The van der Waals surface area contributed by atoms with Crippen LogP contribution >= 0.6 is 0 Å². The molecule has 2 aromatic rings. The van der Waals surface area contributed by atoms with Gasteiger partial charge in [0.15, 0.2) is 0 Å². The lowest BCUT2D eigenvalue weighted by atomic mass is 10.2. The maximum absolute atomic E-state index is 12.2. The first kappa shape index (κ1) is 14.5. The van der Waals surface area contributed by atoms with Crippen molar-refractivity contribution in [3.05, 3.63) is 64.1 Å². The van der Waals surface area contributed by atoms with Crippen LogP contribution in [0.25, 0.3) is 0 Å². The summed E-state index contributed by atoms with van der Waals surface area (Å²) in [6, 6.07) is 12.6. The number of hydrogen-bond acceptors (Lipinski definition) is 4. The summed E-state index contributed by atoms with van der Waals surface area (Å²) >= 11 is 0. The van der Waals surface area contributed by atoms with Crippen molar-refractivity contribution in [3.8, 4) is 0 Å². The minimum atomic E-state index is -0.240. The number of hydrogen-bond donors (Lipinski definition) is 2. The van der Waals surface area contributed by atoms with Crippen molar-refractivity contribution >= 4 is 5.91 Å². The van der Waals surface area contributed by atoms with Crippen molar-refractivity contribution in [1.82, 2.24) is 20.4 Å². The van der Waals surface area contributed by atoms with E-state index < -0.39 is 0 Å². The Morgan fingerprint density at radius 1 is 1.27 bits per heavy atom. The van der Waals surface area contributed by atoms with Crippen LogP contribution < -0.4 is 16.2 Å². The number of rotatable bonds is 4. The summed E-state index contributed by atoms with van der Waals surface area (Å²) in [5.74, 6) is -0.240. The lowest BCUT2D eigenvalue weighted by Crippen LogP contribution is -2.37. The third-order valence-electron chi connectivity index (χ3n) is 3.67. The van der Waals surface area contributed by atoms with Gasteiger partial charge < -0.3 is 10.6 Å². The number of amides is 1. The predicted molar refractivity (Wildman–Crippen MR) is 82.8 cm³/mol. The smallest absolute Gasteiger partial charge is 0.271 e. The molecular formula is C16H18N4O2. The first-order chi connectivity index (χ1) is 10.7. The fourth-order valence-corrected chi connectivity index (χ4v) is 2.48. The summed E-state index contributed by atoms with van der Waals surface area (Å²) in [7, 11) is 0. The average Bonchev–Trinajstić information content (AvgIpc) is 3.03. The van der Waals surface area contributed by atoms with E-state index in [4.69, 9.17) is 0 Å². The zero-order chi connectivity index (χ0) is 15.4. The van der Waals surface area contributed by atoms with E-state index in [0.717, 1.165) is 25.1 Å². The van der Waals surface area contributed by atoms with Gasteiger partial charge in [-0.3, -0.25) is 9.59 Å². The molecule has 1 unspecified atom stereocenters. The van der Waals surface area contributed by atoms with Crippen LogP contribution in [-0.4, -0.2) is 34.8 Å². The van der Waals surface area contributed by atoms with E-state index in [1.165, 1.54) is 16.8 Å². The van der Waals surface area contributed by atoms with Gasteiger partial charge in [-0.15, -0.1) is 0 Å². The van der Waals surface area contributed by atoms with Crippen molar-refractivity contribution in [2.45, 2.75) is 19.0 Å². The lowest BCUT2D eigenvalue weighted by Gasteiger charge is -2.11. The Bertz CT molecular complexity index is 706. The predicted octanol–water partition coefficient (Wildman–Crippen LogP) is 0.383. The molecule has 2 heterocycles. The molecule has 1 fully saturated rings. The van der Waals surface area contributed by atoms with Crippen LogP contribution in [0.3, 0.4) is 0 Å². The van der Waals surface area contributed by atoms with E-state index in [2.05, 4.69) is 15.7 Å². The van der Waals surface area contributed by atoms with Crippen LogP contribution in [-0.2, 0) is 6.54 Å². The number of carbonyl (C=O) groups excluding carboxylic acids is 1. The van der Waals surface area contributed by atoms with Gasteiger partial charge in [0.25, 0.3) is 11.5 Å². The molecular weight excluding hydrogens is 280 g/mol. The second kappa shape index (κ2) is 6.53. The van der Waals surface area contributed by atoms with Gasteiger partial charge in [-0.05, 0) is 24.6 Å². The molecule has 22 heavy (non-hydrogen) atoms. The fraction of sp³-hybridized carbons (Fsp3) is 0.312. The van der Waals surface area contributed by atoms with Crippen LogP contribution in [0.4, 0.5) is 0 Å². The zero-order valence-electron chi connectivity index (χ0n) is 12.2. The van der Waals surface area contributed by atoms with E-state index in [1.807, 2.05) is 30.3 Å². The van der Waals surface area contributed by atoms with E-state index in [0.29, 0.717) is 6.54 Å². The Kier molecular flexibility index (Phi) is 4.29. The topological polar surface area (TPSA) is 76.0 Å². The summed E-state index contributed by atoms with van der Waals surface area (Å²) in [4.78, 5) is 24.1. The molecule has 1 atom stereocenters. The fourth-order valence-electron chi connectivity index (χ4n) is 2.48.